The van der Waals surface area contributed by atoms with Crippen LogP contribution in [0.2, 0.25) is 0 Å². The zero-order valence-electron chi connectivity index (χ0n) is 7.68. The topological polar surface area (TPSA) is 57.5 Å². The highest BCUT2D eigenvalue weighted by Crippen LogP contribution is 2.32. The van der Waals surface area contributed by atoms with Crippen LogP contribution in [0.4, 0.5) is 0 Å². The maximum atomic E-state index is 10.8. The third kappa shape index (κ3) is 1.51. The molecule has 0 fully saturated rings. The number of hydrogen-bond donors (Lipinski definition) is 2. The van der Waals surface area contributed by atoms with Gasteiger partial charge in [-0.2, -0.15) is 0 Å². The lowest BCUT2D eigenvalue weighted by Gasteiger charge is -2.25. The van der Waals surface area contributed by atoms with E-state index in [0.29, 0.717) is 12.8 Å². The highest BCUT2D eigenvalue weighted by Gasteiger charge is 2.29. The number of fused-ring (bicyclic) bond motifs is 1. The minimum atomic E-state index is -0.821. The van der Waals surface area contributed by atoms with E-state index in [2.05, 4.69) is 0 Å². The zero-order chi connectivity index (χ0) is 10.1. The predicted molar refractivity (Wildman–Crippen MR) is 50.8 cm³/mol. The molecule has 1 aromatic carbocycles. The van der Waals surface area contributed by atoms with Gasteiger partial charge in [-0.15, -0.1) is 0 Å². The minimum Gasteiger partial charge on any atom is -0.481 e. The van der Waals surface area contributed by atoms with Gasteiger partial charge in [0.2, 0.25) is 0 Å². The third-order valence-electron chi connectivity index (χ3n) is 2.74. The summed E-state index contributed by atoms with van der Waals surface area (Å²) in [6.07, 6.45) is 0.232. The normalized spacial score (nSPS) is 25.5. The highest BCUT2D eigenvalue weighted by molar-refractivity contribution is 5.71. The van der Waals surface area contributed by atoms with E-state index in [-0.39, 0.29) is 0 Å². The molecule has 1 aromatic rings. The van der Waals surface area contributed by atoms with Crippen LogP contribution in [0, 0.1) is 5.92 Å². The van der Waals surface area contributed by atoms with E-state index < -0.39 is 18.0 Å². The Hall–Kier alpha value is -1.35. The summed E-state index contributed by atoms with van der Waals surface area (Å²) < 4.78 is 0. The lowest BCUT2D eigenvalue weighted by Crippen LogP contribution is -2.24. The van der Waals surface area contributed by atoms with Gasteiger partial charge in [-0.3, -0.25) is 4.79 Å². The maximum absolute atomic E-state index is 10.8. The molecule has 0 radical (unpaired) electrons. The smallest absolute Gasteiger partial charge is 0.306 e. The first-order valence-corrected chi connectivity index (χ1v) is 4.67. The Morgan fingerprint density at radius 2 is 2.07 bits per heavy atom. The van der Waals surface area contributed by atoms with Crippen molar-refractivity contribution in [3.05, 3.63) is 35.4 Å². The first-order chi connectivity index (χ1) is 6.68. The van der Waals surface area contributed by atoms with Crippen molar-refractivity contribution in [3.63, 3.8) is 0 Å². The standard InChI is InChI=1S/C11H12O3/c12-10-6-8(11(13)14)5-7-3-1-2-4-9(7)10/h1-4,8,10,12H,5-6H2,(H,13,14)/t8-,10+/m1/s1. The second kappa shape index (κ2) is 3.42. The Kier molecular flexibility index (Phi) is 2.25. The second-order valence-corrected chi connectivity index (χ2v) is 3.69. The van der Waals surface area contributed by atoms with E-state index in [9.17, 15) is 9.90 Å². The van der Waals surface area contributed by atoms with Crippen molar-refractivity contribution in [3.8, 4) is 0 Å². The van der Waals surface area contributed by atoms with E-state index in [4.69, 9.17) is 5.11 Å². The van der Waals surface area contributed by atoms with Gasteiger partial charge in [0.15, 0.2) is 0 Å². The number of carboxylic acid groups (broad SMARTS) is 1. The summed E-state index contributed by atoms with van der Waals surface area (Å²) in [5.41, 5.74) is 1.84. The lowest BCUT2D eigenvalue weighted by molar-refractivity contribution is -0.143. The fraction of sp³-hybridized carbons (Fsp3) is 0.364. The van der Waals surface area contributed by atoms with Gasteiger partial charge in [-0.25, -0.2) is 0 Å². The zero-order valence-corrected chi connectivity index (χ0v) is 7.68. The van der Waals surface area contributed by atoms with Crippen LogP contribution in [0.25, 0.3) is 0 Å². The Labute approximate surface area is 82.0 Å². The van der Waals surface area contributed by atoms with Gasteiger partial charge in [0.25, 0.3) is 0 Å². The van der Waals surface area contributed by atoms with Crippen LogP contribution in [-0.2, 0) is 11.2 Å². The number of carboxylic acids is 1. The van der Waals surface area contributed by atoms with E-state index in [1.54, 1.807) is 0 Å². The third-order valence-corrected chi connectivity index (χ3v) is 2.74. The average molecular weight is 192 g/mol. The van der Waals surface area contributed by atoms with E-state index in [1.165, 1.54) is 0 Å². The summed E-state index contributed by atoms with van der Waals surface area (Å²) in [7, 11) is 0. The number of hydrogen-bond acceptors (Lipinski definition) is 2. The van der Waals surface area contributed by atoms with Crippen molar-refractivity contribution < 1.29 is 15.0 Å². The predicted octanol–water partition coefficient (Wildman–Crippen LogP) is 1.37. The van der Waals surface area contributed by atoms with Crippen molar-refractivity contribution in [1.29, 1.82) is 0 Å². The second-order valence-electron chi connectivity index (χ2n) is 3.69. The molecule has 2 atom stereocenters. The molecule has 1 aliphatic carbocycles. The van der Waals surface area contributed by atoms with E-state index >= 15 is 0 Å². The van der Waals surface area contributed by atoms with Gasteiger partial charge in [0.1, 0.15) is 0 Å². The van der Waals surface area contributed by atoms with Gasteiger partial charge in [0, 0.05) is 0 Å². The molecule has 0 heterocycles. The van der Waals surface area contributed by atoms with Gasteiger partial charge in [-0.05, 0) is 24.0 Å². The highest BCUT2D eigenvalue weighted by atomic mass is 16.4. The molecule has 74 valence electrons. The molecule has 0 saturated heterocycles. The van der Waals surface area contributed by atoms with E-state index in [0.717, 1.165) is 11.1 Å². The quantitative estimate of drug-likeness (QED) is 0.706. The van der Waals surface area contributed by atoms with Crippen molar-refractivity contribution in [2.75, 3.05) is 0 Å². The summed E-state index contributed by atoms with van der Waals surface area (Å²) in [5.74, 6) is -1.27. The Balaban J connectivity index is 2.33. The summed E-state index contributed by atoms with van der Waals surface area (Å²) in [6, 6.07) is 7.48. The molecular formula is C11H12O3. The largest absolute Gasteiger partial charge is 0.481 e. The summed E-state index contributed by atoms with van der Waals surface area (Å²) in [5, 5.41) is 18.6. The number of benzene rings is 1. The molecule has 3 heteroatoms. The molecule has 0 bridgehead atoms. The number of aliphatic hydroxyl groups is 1. The molecule has 0 aromatic heterocycles. The van der Waals surface area contributed by atoms with Gasteiger partial charge in [0.05, 0.1) is 12.0 Å². The summed E-state index contributed by atoms with van der Waals surface area (Å²) >= 11 is 0. The first kappa shape index (κ1) is 9.21. The molecule has 0 saturated carbocycles. The summed E-state index contributed by atoms with van der Waals surface area (Å²) in [6.45, 7) is 0. The fourth-order valence-corrected chi connectivity index (χ4v) is 1.98. The minimum absolute atomic E-state index is 0.326. The Morgan fingerprint density at radius 3 is 2.79 bits per heavy atom. The monoisotopic (exact) mass is 192 g/mol. The van der Waals surface area contributed by atoms with Crippen LogP contribution in [0.1, 0.15) is 23.7 Å². The summed E-state index contributed by atoms with van der Waals surface area (Å²) in [4.78, 5) is 10.8. The van der Waals surface area contributed by atoms with Crippen molar-refractivity contribution in [2.24, 2.45) is 5.92 Å². The van der Waals surface area contributed by atoms with Gasteiger partial charge in [-0.1, -0.05) is 24.3 Å². The molecule has 0 amide bonds. The molecule has 14 heavy (non-hydrogen) atoms. The molecule has 2 rings (SSSR count). The molecule has 3 nitrogen and oxygen atoms in total. The van der Waals surface area contributed by atoms with Gasteiger partial charge >= 0.3 is 5.97 Å². The molecule has 0 spiro atoms. The maximum Gasteiger partial charge on any atom is 0.306 e. The SMILES string of the molecule is O=C(O)[C@@H]1Cc2ccccc2[C@@H](O)C1. The van der Waals surface area contributed by atoms with Crippen molar-refractivity contribution >= 4 is 5.97 Å². The van der Waals surface area contributed by atoms with Crippen LogP contribution in [0.3, 0.4) is 0 Å². The lowest BCUT2D eigenvalue weighted by atomic mass is 9.82. The molecule has 0 unspecified atom stereocenters. The van der Waals surface area contributed by atoms with Crippen molar-refractivity contribution in [1.82, 2.24) is 0 Å². The number of carbonyl (C=O) groups is 1. The molecule has 1 aliphatic rings. The average Bonchev–Trinajstić information content (AvgIpc) is 2.17. The molecule has 2 N–H and O–H groups in total. The Morgan fingerprint density at radius 1 is 1.36 bits per heavy atom. The van der Waals surface area contributed by atoms with Crippen LogP contribution < -0.4 is 0 Å². The number of rotatable bonds is 1. The van der Waals surface area contributed by atoms with Crippen molar-refractivity contribution in [2.45, 2.75) is 18.9 Å². The van der Waals surface area contributed by atoms with Crippen LogP contribution in [0.5, 0.6) is 0 Å². The molecule has 0 aliphatic heterocycles. The Bertz CT molecular complexity index is 359. The number of aliphatic carboxylic acids is 1. The van der Waals surface area contributed by atoms with E-state index in [1.807, 2.05) is 24.3 Å². The first-order valence-electron chi connectivity index (χ1n) is 4.67. The number of aliphatic hydroxyl groups excluding tert-OH is 1. The fourth-order valence-electron chi connectivity index (χ4n) is 1.98. The van der Waals surface area contributed by atoms with Crippen LogP contribution in [-0.4, -0.2) is 16.2 Å². The molecular weight excluding hydrogens is 180 g/mol. The van der Waals surface area contributed by atoms with Gasteiger partial charge < -0.3 is 10.2 Å². The van der Waals surface area contributed by atoms with Crippen LogP contribution >= 0.6 is 0 Å². The van der Waals surface area contributed by atoms with Crippen LogP contribution in [0.15, 0.2) is 24.3 Å².